The Morgan fingerprint density at radius 3 is 2.58 bits per heavy atom. The highest BCUT2D eigenvalue weighted by Gasteiger charge is 2.51. The van der Waals surface area contributed by atoms with E-state index in [4.69, 9.17) is 19.2 Å². The van der Waals surface area contributed by atoms with E-state index < -0.39 is 35.3 Å². The van der Waals surface area contributed by atoms with Crippen molar-refractivity contribution in [3.8, 4) is 11.4 Å². The van der Waals surface area contributed by atoms with Gasteiger partial charge in [-0.05, 0) is 51.3 Å². The van der Waals surface area contributed by atoms with Gasteiger partial charge in [-0.15, -0.1) is 0 Å². The number of alkyl carbamates (subject to hydrolysis) is 1. The Hall–Kier alpha value is -4.21. The molecule has 0 bridgehead atoms. The summed E-state index contributed by atoms with van der Waals surface area (Å²) in [5, 5.41) is 3.52. The fraction of sp³-hybridized carbons (Fsp3) is 0.433. The molecule has 4 heterocycles. The normalized spacial score (nSPS) is 18.4. The van der Waals surface area contributed by atoms with Crippen molar-refractivity contribution in [2.24, 2.45) is 5.92 Å². The second-order valence-electron chi connectivity index (χ2n) is 11.5. The van der Waals surface area contributed by atoms with Crippen LogP contribution in [0.15, 0.2) is 41.2 Å². The minimum absolute atomic E-state index is 0.0166. The first-order valence-corrected chi connectivity index (χ1v) is 13.4. The van der Waals surface area contributed by atoms with Gasteiger partial charge >= 0.3 is 18.0 Å². The molecule has 10 nitrogen and oxygen atoms in total. The van der Waals surface area contributed by atoms with Crippen molar-refractivity contribution < 1.29 is 28.6 Å². The third kappa shape index (κ3) is 4.61. The maximum Gasteiger partial charge on any atom is 0.408 e. The summed E-state index contributed by atoms with van der Waals surface area (Å²) in [5.74, 6) is -2.00. The van der Waals surface area contributed by atoms with Crippen LogP contribution in [-0.2, 0) is 42.6 Å². The van der Waals surface area contributed by atoms with Crippen molar-refractivity contribution in [1.82, 2.24) is 14.9 Å². The van der Waals surface area contributed by atoms with Crippen LogP contribution < -0.4 is 10.9 Å². The van der Waals surface area contributed by atoms with Crippen LogP contribution in [0.5, 0.6) is 0 Å². The first kappa shape index (κ1) is 27.4. The second kappa shape index (κ2) is 9.76. The molecule has 10 heteroatoms. The first-order chi connectivity index (χ1) is 18.8. The third-order valence-electron chi connectivity index (χ3n) is 7.25. The summed E-state index contributed by atoms with van der Waals surface area (Å²) in [7, 11) is 0. The molecular formula is C30H33N3O7. The molecule has 3 aromatic rings. The molecule has 5 rings (SSSR count). The number of benzene rings is 1. The summed E-state index contributed by atoms with van der Waals surface area (Å²) >= 11 is 0. The van der Waals surface area contributed by atoms with Crippen LogP contribution in [0, 0.1) is 5.92 Å². The highest BCUT2D eigenvalue weighted by molar-refractivity contribution is 5.90. The van der Waals surface area contributed by atoms with Gasteiger partial charge in [0.05, 0.1) is 29.0 Å². The van der Waals surface area contributed by atoms with Gasteiger partial charge < -0.3 is 24.1 Å². The number of pyridine rings is 2. The Morgan fingerprint density at radius 2 is 1.90 bits per heavy atom. The van der Waals surface area contributed by atoms with Crippen LogP contribution in [0.25, 0.3) is 22.3 Å². The van der Waals surface area contributed by atoms with Crippen molar-refractivity contribution in [1.29, 1.82) is 0 Å². The van der Waals surface area contributed by atoms with E-state index in [1.807, 2.05) is 30.3 Å². The smallest absolute Gasteiger partial charge is 0.408 e. The van der Waals surface area contributed by atoms with Crippen LogP contribution >= 0.6 is 0 Å². The summed E-state index contributed by atoms with van der Waals surface area (Å²) in [6, 6.07) is 10.3. The van der Waals surface area contributed by atoms with Crippen molar-refractivity contribution in [3.63, 3.8) is 0 Å². The lowest BCUT2D eigenvalue weighted by molar-refractivity contribution is -0.191. The van der Waals surface area contributed by atoms with Crippen molar-refractivity contribution in [3.05, 3.63) is 63.4 Å². The molecule has 0 saturated carbocycles. The fourth-order valence-electron chi connectivity index (χ4n) is 5.25. The van der Waals surface area contributed by atoms with Crippen LogP contribution in [-0.4, -0.2) is 39.2 Å². The van der Waals surface area contributed by atoms with E-state index in [9.17, 15) is 19.2 Å². The number of nitrogens with zero attached hydrogens (tertiary/aromatic N) is 2. The quantitative estimate of drug-likeness (QED) is 0.291. The number of esters is 2. The molecule has 0 saturated heterocycles. The maximum absolute atomic E-state index is 13.7. The Balaban J connectivity index is 1.57. The van der Waals surface area contributed by atoms with Crippen molar-refractivity contribution in [2.75, 3.05) is 0 Å². The number of amides is 1. The molecule has 1 aromatic carbocycles. The zero-order valence-electron chi connectivity index (χ0n) is 23.5. The molecule has 2 aromatic heterocycles. The molecule has 210 valence electrons. The predicted molar refractivity (Wildman–Crippen MR) is 146 cm³/mol. The second-order valence-corrected chi connectivity index (χ2v) is 11.5. The van der Waals surface area contributed by atoms with E-state index in [-0.39, 0.29) is 35.6 Å². The number of para-hydroxylation sites is 1. The molecular weight excluding hydrogens is 514 g/mol. The average Bonchev–Trinajstić information content (AvgIpc) is 3.24. The fourth-order valence-corrected chi connectivity index (χ4v) is 5.25. The largest absolute Gasteiger partial charge is 0.457 e. The molecule has 0 aliphatic carbocycles. The van der Waals surface area contributed by atoms with Gasteiger partial charge in [0.15, 0.2) is 0 Å². The standard InChI is InChI=1S/C30H33N3O7/c1-7-30(39-26(35)23(16(2)3)32-28(37)40-29(4,5)6)20-13-22-24-18(12-17-10-8-9-11-21(17)31-24)14-33(22)25(34)19(20)15-38-27(30)36/h8-13,16,23H,7,14-15H2,1-6H3,(H,32,37)/t23-,30+/m0/s1. The molecule has 40 heavy (non-hydrogen) atoms. The number of carbonyl (C=O) groups excluding carboxylic acids is 3. The van der Waals surface area contributed by atoms with Gasteiger partial charge in [0, 0.05) is 16.5 Å². The molecule has 2 aliphatic rings. The molecule has 2 aliphatic heterocycles. The molecule has 0 spiro atoms. The number of hydrogen-bond acceptors (Lipinski definition) is 8. The van der Waals surface area contributed by atoms with Crippen molar-refractivity contribution in [2.45, 2.75) is 78.4 Å². The number of hydrogen-bond donors (Lipinski definition) is 1. The van der Waals surface area contributed by atoms with Gasteiger partial charge in [-0.2, -0.15) is 0 Å². The molecule has 0 radical (unpaired) electrons. The minimum atomic E-state index is -1.87. The summed E-state index contributed by atoms with van der Waals surface area (Å²) in [5.41, 5.74) is 0.386. The Labute approximate surface area is 231 Å². The van der Waals surface area contributed by atoms with Crippen LogP contribution in [0.2, 0.25) is 0 Å². The lowest BCUT2D eigenvalue weighted by Gasteiger charge is -2.37. The third-order valence-corrected chi connectivity index (χ3v) is 7.25. The van der Waals surface area contributed by atoms with E-state index in [1.165, 1.54) is 0 Å². The predicted octanol–water partition coefficient (Wildman–Crippen LogP) is 4.18. The number of ether oxygens (including phenoxy) is 3. The lowest BCUT2D eigenvalue weighted by Crippen LogP contribution is -2.53. The number of rotatable bonds is 5. The van der Waals surface area contributed by atoms with Gasteiger partial charge in [0.2, 0.25) is 5.60 Å². The lowest BCUT2D eigenvalue weighted by atomic mass is 9.85. The van der Waals surface area contributed by atoms with Crippen molar-refractivity contribution >= 4 is 28.9 Å². The Kier molecular flexibility index (Phi) is 6.68. The van der Waals surface area contributed by atoms with Gasteiger partial charge in [0.1, 0.15) is 18.2 Å². The molecule has 0 unspecified atom stereocenters. The van der Waals surface area contributed by atoms with Gasteiger partial charge in [-0.25, -0.2) is 19.4 Å². The highest BCUT2D eigenvalue weighted by Crippen LogP contribution is 2.41. The molecule has 1 N–H and O–H groups in total. The van der Waals surface area contributed by atoms with E-state index in [2.05, 4.69) is 5.32 Å². The Bertz CT molecular complexity index is 1600. The number of fused-ring (bicyclic) bond motifs is 5. The summed E-state index contributed by atoms with van der Waals surface area (Å²) in [6.07, 6.45) is -0.769. The van der Waals surface area contributed by atoms with Gasteiger partial charge in [0.25, 0.3) is 5.56 Å². The number of nitrogens with one attached hydrogen (secondary N) is 1. The zero-order chi connectivity index (χ0) is 29.0. The topological polar surface area (TPSA) is 126 Å². The Morgan fingerprint density at radius 1 is 1.18 bits per heavy atom. The van der Waals surface area contributed by atoms with Crippen LogP contribution in [0.1, 0.15) is 64.7 Å². The van der Waals surface area contributed by atoms with E-state index in [0.717, 1.165) is 16.5 Å². The average molecular weight is 548 g/mol. The van der Waals surface area contributed by atoms with E-state index >= 15 is 0 Å². The summed E-state index contributed by atoms with van der Waals surface area (Å²) in [6.45, 7) is 10.4. The summed E-state index contributed by atoms with van der Waals surface area (Å²) in [4.78, 5) is 57.9. The highest BCUT2D eigenvalue weighted by atomic mass is 16.6. The maximum atomic E-state index is 13.7. The first-order valence-electron chi connectivity index (χ1n) is 13.4. The molecule has 0 fully saturated rings. The number of aromatic nitrogens is 2. The van der Waals surface area contributed by atoms with Crippen LogP contribution in [0.4, 0.5) is 4.79 Å². The van der Waals surface area contributed by atoms with Gasteiger partial charge in [-0.1, -0.05) is 39.0 Å². The number of cyclic esters (lactones) is 1. The van der Waals surface area contributed by atoms with E-state index in [1.54, 1.807) is 52.2 Å². The monoisotopic (exact) mass is 547 g/mol. The number of carbonyl (C=O) groups is 3. The SMILES string of the molecule is CC[C@]1(OC(=O)[C@@H](NC(=O)OC(C)(C)C)C(C)C)C(=O)OCc2c1cc1n(c2=O)Cc2cc3ccccc3nc2-1. The van der Waals surface area contributed by atoms with Gasteiger partial charge in [-0.3, -0.25) is 4.79 Å². The zero-order valence-corrected chi connectivity index (χ0v) is 23.5. The van der Waals surface area contributed by atoms with Crippen LogP contribution in [0.3, 0.4) is 0 Å². The minimum Gasteiger partial charge on any atom is -0.457 e. The van der Waals surface area contributed by atoms with E-state index in [0.29, 0.717) is 17.9 Å². The summed E-state index contributed by atoms with van der Waals surface area (Å²) < 4.78 is 18.3. The molecule has 1 amide bonds. The molecule has 2 atom stereocenters.